The van der Waals surface area contributed by atoms with Gasteiger partial charge in [0.15, 0.2) is 0 Å². The van der Waals surface area contributed by atoms with Crippen molar-refractivity contribution in [3.63, 3.8) is 0 Å². The van der Waals surface area contributed by atoms with Gasteiger partial charge in [0.1, 0.15) is 0 Å². The Hall–Kier alpha value is -1.55. The molecule has 0 aromatic heterocycles. The van der Waals surface area contributed by atoms with Gasteiger partial charge in [-0.25, -0.2) is 0 Å². The minimum atomic E-state index is 0.101. The number of nitrogen functional groups attached to an aromatic ring is 1. The van der Waals surface area contributed by atoms with Crippen LogP contribution in [0.5, 0.6) is 0 Å². The number of carbonyl (C=O) groups is 1. The molecule has 0 aliphatic rings. The van der Waals surface area contributed by atoms with E-state index in [1.807, 2.05) is 43.3 Å². The lowest BCUT2D eigenvalue weighted by molar-refractivity contribution is -0.121. The lowest BCUT2D eigenvalue weighted by atomic mass is 10.1. The normalized spacial score (nSPS) is 10.5. The van der Waals surface area contributed by atoms with E-state index in [0.717, 1.165) is 24.2 Å². The van der Waals surface area contributed by atoms with E-state index in [1.165, 1.54) is 0 Å². The number of nitrogens with one attached hydrogen (secondary N) is 1. The highest BCUT2D eigenvalue weighted by Crippen LogP contribution is 2.07. The van der Waals surface area contributed by atoms with Crippen molar-refractivity contribution in [1.29, 1.82) is 0 Å². The number of amides is 1. The van der Waals surface area contributed by atoms with Gasteiger partial charge in [-0.15, -0.1) is 0 Å². The van der Waals surface area contributed by atoms with E-state index in [4.69, 9.17) is 5.73 Å². The number of carbonyl (C=O) groups excluding carboxylic acids is 1. The van der Waals surface area contributed by atoms with Crippen molar-refractivity contribution in [2.75, 3.05) is 32.9 Å². The van der Waals surface area contributed by atoms with Crippen LogP contribution in [0.2, 0.25) is 0 Å². The molecule has 4 heteroatoms. The van der Waals surface area contributed by atoms with Gasteiger partial charge in [-0.05, 0) is 38.2 Å². The first kappa shape index (κ1) is 13.5. The Balaban J connectivity index is 2.21. The second-order valence-corrected chi connectivity index (χ2v) is 4.39. The van der Waals surface area contributed by atoms with Crippen LogP contribution in [-0.2, 0) is 11.2 Å². The first-order chi connectivity index (χ1) is 8.08. The maximum Gasteiger partial charge on any atom is 0.220 e. The fourth-order valence-corrected chi connectivity index (χ4v) is 1.45. The minimum absolute atomic E-state index is 0.101. The molecule has 1 aromatic rings. The number of hydrogen-bond acceptors (Lipinski definition) is 3. The molecular weight excluding hydrogens is 214 g/mol. The standard InChI is InChI=1S/C13H21N3O/c1-16(2)10-9-15-13(17)8-5-11-3-6-12(14)7-4-11/h3-4,6-7H,5,8-10,14H2,1-2H3,(H,15,17). The van der Waals surface area contributed by atoms with E-state index < -0.39 is 0 Å². The lowest BCUT2D eigenvalue weighted by Gasteiger charge is -2.10. The Morgan fingerprint density at radius 3 is 2.53 bits per heavy atom. The lowest BCUT2D eigenvalue weighted by Crippen LogP contribution is -2.31. The van der Waals surface area contributed by atoms with Crippen molar-refractivity contribution in [1.82, 2.24) is 10.2 Å². The molecule has 0 aliphatic carbocycles. The molecule has 0 atom stereocenters. The van der Waals surface area contributed by atoms with E-state index in [9.17, 15) is 4.79 Å². The Bertz CT molecular complexity index is 346. The molecule has 1 rings (SSSR count). The van der Waals surface area contributed by atoms with E-state index in [0.29, 0.717) is 13.0 Å². The summed E-state index contributed by atoms with van der Waals surface area (Å²) >= 11 is 0. The van der Waals surface area contributed by atoms with Gasteiger partial charge in [0, 0.05) is 25.2 Å². The number of benzene rings is 1. The van der Waals surface area contributed by atoms with Crippen molar-refractivity contribution in [2.24, 2.45) is 0 Å². The van der Waals surface area contributed by atoms with Crippen LogP contribution < -0.4 is 11.1 Å². The van der Waals surface area contributed by atoms with Crippen LogP contribution in [0.1, 0.15) is 12.0 Å². The Kier molecular flexibility index (Phi) is 5.49. The molecule has 1 aromatic carbocycles. The number of nitrogens with zero attached hydrogens (tertiary/aromatic N) is 1. The van der Waals surface area contributed by atoms with Crippen molar-refractivity contribution in [2.45, 2.75) is 12.8 Å². The van der Waals surface area contributed by atoms with Gasteiger partial charge in [-0.2, -0.15) is 0 Å². The SMILES string of the molecule is CN(C)CCNC(=O)CCc1ccc(N)cc1. The largest absolute Gasteiger partial charge is 0.399 e. The highest BCUT2D eigenvalue weighted by Gasteiger charge is 2.01. The zero-order valence-corrected chi connectivity index (χ0v) is 10.6. The zero-order valence-electron chi connectivity index (χ0n) is 10.6. The summed E-state index contributed by atoms with van der Waals surface area (Å²) in [5.41, 5.74) is 7.49. The van der Waals surface area contributed by atoms with Gasteiger partial charge in [0.25, 0.3) is 0 Å². The predicted octanol–water partition coefficient (Wildman–Crippen LogP) is 0.879. The van der Waals surface area contributed by atoms with Gasteiger partial charge < -0.3 is 16.0 Å². The summed E-state index contributed by atoms with van der Waals surface area (Å²) in [6.45, 7) is 1.57. The Labute approximate surface area is 103 Å². The highest BCUT2D eigenvalue weighted by molar-refractivity contribution is 5.76. The molecule has 0 heterocycles. The van der Waals surface area contributed by atoms with Crippen molar-refractivity contribution >= 4 is 11.6 Å². The molecule has 0 saturated heterocycles. The third kappa shape index (κ3) is 5.92. The summed E-state index contributed by atoms with van der Waals surface area (Å²) in [5, 5.41) is 2.89. The van der Waals surface area contributed by atoms with Crippen LogP contribution in [0.3, 0.4) is 0 Å². The maximum absolute atomic E-state index is 11.5. The molecule has 0 aliphatic heterocycles. The maximum atomic E-state index is 11.5. The fraction of sp³-hybridized carbons (Fsp3) is 0.462. The number of hydrogen-bond donors (Lipinski definition) is 2. The Morgan fingerprint density at radius 2 is 1.94 bits per heavy atom. The quantitative estimate of drug-likeness (QED) is 0.720. The summed E-state index contributed by atoms with van der Waals surface area (Å²) in [7, 11) is 3.97. The van der Waals surface area contributed by atoms with Gasteiger partial charge in [-0.1, -0.05) is 12.1 Å². The zero-order chi connectivity index (χ0) is 12.7. The first-order valence-corrected chi connectivity index (χ1v) is 5.84. The van der Waals surface area contributed by atoms with Crippen LogP contribution >= 0.6 is 0 Å². The Morgan fingerprint density at radius 1 is 1.29 bits per heavy atom. The average molecular weight is 235 g/mol. The second-order valence-electron chi connectivity index (χ2n) is 4.39. The van der Waals surface area contributed by atoms with Crippen LogP contribution in [0.15, 0.2) is 24.3 Å². The van der Waals surface area contributed by atoms with E-state index >= 15 is 0 Å². The van der Waals surface area contributed by atoms with E-state index in [1.54, 1.807) is 0 Å². The second kappa shape index (κ2) is 6.91. The summed E-state index contributed by atoms with van der Waals surface area (Å²) in [6, 6.07) is 7.64. The van der Waals surface area contributed by atoms with Gasteiger partial charge in [0.2, 0.25) is 5.91 Å². The topological polar surface area (TPSA) is 58.4 Å². The number of nitrogens with two attached hydrogens (primary N) is 1. The molecule has 1 amide bonds. The smallest absolute Gasteiger partial charge is 0.220 e. The van der Waals surface area contributed by atoms with Crippen LogP contribution in [0, 0.1) is 0 Å². The van der Waals surface area contributed by atoms with Gasteiger partial charge in [0.05, 0.1) is 0 Å². The summed E-state index contributed by atoms with van der Waals surface area (Å²) < 4.78 is 0. The molecule has 0 fully saturated rings. The molecule has 4 nitrogen and oxygen atoms in total. The predicted molar refractivity (Wildman–Crippen MR) is 70.7 cm³/mol. The number of rotatable bonds is 6. The molecule has 3 N–H and O–H groups in total. The van der Waals surface area contributed by atoms with Crippen LogP contribution in [0.25, 0.3) is 0 Å². The molecule has 0 bridgehead atoms. The summed E-state index contributed by atoms with van der Waals surface area (Å²) in [6.07, 6.45) is 1.28. The average Bonchev–Trinajstić information content (AvgIpc) is 2.28. The van der Waals surface area contributed by atoms with Crippen molar-refractivity contribution in [3.8, 4) is 0 Å². The first-order valence-electron chi connectivity index (χ1n) is 5.84. The third-order valence-corrected chi connectivity index (χ3v) is 2.50. The van der Waals surface area contributed by atoms with E-state index in [-0.39, 0.29) is 5.91 Å². The van der Waals surface area contributed by atoms with Crippen LogP contribution in [0.4, 0.5) is 5.69 Å². The molecule has 0 saturated carbocycles. The number of likely N-dealkylation sites (N-methyl/N-ethyl adjacent to an activating group) is 1. The molecule has 0 radical (unpaired) electrons. The van der Waals surface area contributed by atoms with E-state index in [2.05, 4.69) is 5.32 Å². The molecule has 17 heavy (non-hydrogen) atoms. The molecule has 0 spiro atoms. The summed E-state index contributed by atoms with van der Waals surface area (Å²) in [5.74, 6) is 0.101. The minimum Gasteiger partial charge on any atom is -0.399 e. The van der Waals surface area contributed by atoms with Crippen LogP contribution in [-0.4, -0.2) is 38.0 Å². The number of anilines is 1. The van der Waals surface area contributed by atoms with Gasteiger partial charge >= 0.3 is 0 Å². The van der Waals surface area contributed by atoms with Crippen molar-refractivity contribution in [3.05, 3.63) is 29.8 Å². The molecule has 0 unspecified atom stereocenters. The summed E-state index contributed by atoms with van der Waals surface area (Å²) in [4.78, 5) is 13.6. The number of aryl methyl sites for hydroxylation is 1. The molecular formula is C13H21N3O. The molecule has 94 valence electrons. The van der Waals surface area contributed by atoms with Crippen molar-refractivity contribution < 1.29 is 4.79 Å². The highest BCUT2D eigenvalue weighted by atomic mass is 16.1. The fourth-order valence-electron chi connectivity index (χ4n) is 1.45. The third-order valence-electron chi connectivity index (χ3n) is 2.50. The van der Waals surface area contributed by atoms with Gasteiger partial charge in [-0.3, -0.25) is 4.79 Å². The monoisotopic (exact) mass is 235 g/mol.